The van der Waals surface area contributed by atoms with Crippen molar-refractivity contribution >= 4 is 6.29 Å². The van der Waals surface area contributed by atoms with Crippen molar-refractivity contribution < 1.29 is 4.79 Å². The van der Waals surface area contributed by atoms with Crippen LogP contribution in [0, 0.1) is 6.92 Å². The average Bonchev–Trinajstić information content (AvgIpc) is 2.64. The highest BCUT2D eigenvalue weighted by atomic mass is 16.1. The Labute approximate surface area is 88.4 Å². The number of carbonyl (C=O) groups is 1. The number of hydrogen-bond acceptors (Lipinski definition) is 2. The molecule has 76 valence electrons. The molecule has 15 heavy (non-hydrogen) atoms. The summed E-state index contributed by atoms with van der Waals surface area (Å²) in [6, 6.07) is 5.61. The van der Waals surface area contributed by atoms with Crippen LogP contribution in [0.15, 0.2) is 30.6 Å². The summed E-state index contributed by atoms with van der Waals surface area (Å²) in [5.41, 5.74) is 2.83. The quantitative estimate of drug-likeness (QED) is 0.696. The molecule has 0 bridgehead atoms. The number of aromatic nitrogens is 2. The molecule has 0 N–H and O–H groups in total. The van der Waals surface area contributed by atoms with Gasteiger partial charge in [-0.1, -0.05) is 12.1 Å². The van der Waals surface area contributed by atoms with E-state index in [4.69, 9.17) is 0 Å². The Morgan fingerprint density at radius 2 is 2.20 bits per heavy atom. The number of benzene rings is 1. The molecule has 3 nitrogen and oxygen atoms in total. The third-order valence-corrected chi connectivity index (χ3v) is 2.45. The maximum Gasteiger partial charge on any atom is 0.150 e. The van der Waals surface area contributed by atoms with E-state index in [1.165, 1.54) is 0 Å². The zero-order chi connectivity index (χ0) is 10.8. The van der Waals surface area contributed by atoms with Crippen LogP contribution in [0.25, 0.3) is 11.4 Å². The molecule has 0 amide bonds. The monoisotopic (exact) mass is 200 g/mol. The Morgan fingerprint density at radius 1 is 1.40 bits per heavy atom. The summed E-state index contributed by atoms with van der Waals surface area (Å²) in [5, 5.41) is 0. The Kier molecular flexibility index (Phi) is 2.37. The van der Waals surface area contributed by atoms with E-state index in [9.17, 15) is 4.79 Å². The predicted molar refractivity (Wildman–Crippen MR) is 58.8 cm³/mol. The molecule has 0 unspecified atom stereocenters. The van der Waals surface area contributed by atoms with Crippen LogP contribution in [0.3, 0.4) is 0 Å². The van der Waals surface area contributed by atoms with Crippen LogP contribution in [-0.4, -0.2) is 15.8 Å². The zero-order valence-corrected chi connectivity index (χ0v) is 8.77. The second-order valence-electron chi connectivity index (χ2n) is 3.55. The zero-order valence-electron chi connectivity index (χ0n) is 8.77. The first-order valence-electron chi connectivity index (χ1n) is 4.76. The molecule has 0 spiro atoms. The number of rotatable bonds is 2. The summed E-state index contributed by atoms with van der Waals surface area (Å²) in [6.45, 7) is 1.98. The molecule has 0 atom stereocenters. The molecule has 0 saturated carbocycles. The molecule has 0 aliphatic rings. The van der Waals surface area contributed by atoms with Gasteiger partial charge in [-0.05, 0) is 18.6 Å². The van der Waals surface area contributed by atoms with E-state index >= 15 is 0 Å². The van der Waals surface area contributed by atoms with Gasteiger partial charge in [-0.2, -0.15) is 0 Å². The molecule has 0 saturated heterocycles. The lowest BCUT2D eigenvalue weighted by atomic mass is 10.1. The highest BCUT2D eigenvalue weighted by Crippen LogP contribution is 2.21. The molecule has 1 aromatic carbocycles. The summed E-state index contributed by atoms with van der Waals surface area (Å²) in [4.78, 5) is 14.9. The maximum absolute atomic E-state index is 10.6. The normalized spacial score (nSPS) is 10.3. The smallest absolute Gasteiger partial charge is 0.150 e. The van der Waals surface area contributed by atoms with E-state index in [-0.39, 0.29) is 0 Å². The van der Waals surface area contributed by atoms with Crippen molar-refractivity contribution in [3.05, 3.63) is 41.7 Å². The number of nitrogens with zero attached hydrogens (tertiary/aromatic N) is 2. The summed E-state index contributed by atoms with van der Waals surface area (Å²) in [6.07, 6.45) is 4.53. The fourth-order valence-corrected chi connectivity index (χ4v) is 1.64. The molecule has 1 aromatic heterocycles. The maximum atomic E-state index is 10.6. The van der Waals surface area contributed by atoms with Gasteiger partial charge < -0.3 is 4.57 Å². The summed E-state index contributed by atoms with van der Waals surface area (Å²) < 4.78 is 1.96. The van der Waals surface area contributed by atoms with Crippen LogP contribution in [0.1, 0.15) is 15.9 Å². The van der Waals surface area contributed by atoms with E-state index in [1.807, 2.05) is 42.9 Å². The molecule has 0 aliphatic heterocycles. The molecule has 0 aliphatic carbocycles. The molecular formula is C12H12N2O. The Morgan fingerprint density at radius 3 is 2.73 bits per heavy atom. The summed E-state index contributed by atoms with van der Waals surface area (Å²) >= 11 is 0. The lowest BCUT2D eigenvalue weighted by molar-refractivity contribution is 0.112. The van der Waals surface area contributed by atoms with E-state index in [0.29, 0.717) is 5.56 Å². The van der Waals surface area contributed by atoms with Gasteiger partial charge in [-0.15, -0.1) is 0 Å². The van der Waals surface area contributed by atoms with Crippen LogP contribution < -0.4 is 0 Å². The predicted octanol–water partition coefficient (Wildman–Crippen LogP) is 2.21. The molecule has 3 heteroatoms. The summed E-state index contributed by atoms with van der Waals surface area (Å²) in [7, 11) is 1.95. The van der Waals surface area contributed by atoms with Crippen LogP contribution in [0.5, 0.6) is 0 Å². The van der Waals surface area contributed by atoms with Crippen LogP contribution >= 0.6 is 0 Å². The van der Waals surface area contributed by atoms with Gasteiger partial charge in [-0.3, -0.25) is 4.79 Å². The molecule has 0 fully saturated rings. The second kappa shape index (κ2) is 3.69. The Balaban J connectivity index is 2.55. The third-order valence-electron chi connectivity index (χ3n) is 2.45. The Hall–Kier alpha value is -1.90. The first kappa shape index (κ1) is 9.65. The molecule has 0 radical (unpaired) electrons. The number of aldehydes is 1. The minimum Gasteiger partial charge on any atom is -0.334 e. The minimum absolute atomic E-state index is 0.699. The van der Waals surface area contributed by atoms with E-state index < -0.39 is 0 Å². The topological polar surface area (TPSA) is 34.9 Å². The van der Waals surface area contributed by atoms with E-state index in [1.54, 1.807) is 6.20 Å². The molecule has 1 heterocycles. The van der Waals surface area contributed by atoms with Gasteiger partial charge in [0.25, 0.3) is 0 Å². The second-order valence-corrected chi connectivity index (χ2v) is 3.55. The number of aryl methyl sites for hydroxylation is 2. The molecule has 2 aromatic rings. The number of imidazole rings is 1. The van der Waals surface area contributed by atoms with Crippen molar-refractivity contribution in [1.29, 1.82) is 0 Å². The van der Waals surface area contributed by atoms with E-state index in [0.717, 1.165) is 23.2 Å². The van der Waals surface area contributed by atoms with Gasteiger partial charge >= 0.3 is 0 Å². The van der Waals surface area contributed by atoms with E-state index in [2.05, 4.69) is 4.98 Å². The minimum atomic E-state index is 0.699. The fraction of sp³-hybridized carbons (Fsp3) is 0.167. The van der Waals surface area contributed by atoms with Crippen molar-refractivity contribution in [2.24, 2.45) is 7.05 Å². The van der Waals surface area contributed by atoms with Crippen molar-refractivity contribution in [1.82, 2.24) is 9.55 Å². The van der Waals surface area contributed by atoms with Gasteiger partial charge in [0.05, 0.1) is 0 Å². The number of hydrogen-bond donors (Lipinski definition) is 0. The van der Waals surface area contributed by atoms with Crippen molar-refractivity contribution in [3.8, 4) is 11.4 Å². The lowest BCUT2D eigenvalue weighted by Gasteiger charge is -2.06. The largest absolute Gasteiger partial charge is 0.334 e. The standard InChI is InChI=1S/C12H12N2O/c1-9-7-10(8-15)3-4-11(9)12-13-5-6-14(12)2/h3-8H,1-2H3. The average molecular weight is 200 g/mol. The Bertz CT molecular complexity index is 500. The highest BCUT2D eigenvalue weighted by molar-refractivity contribution is 5.77. The van der Waals surface area contributed by atoms with Crippen LogP contribution in [0.4, 0.5) is 0 Å². The highest BCUT2D eigenvalue weighted by Gasteiger charge is 2.06. The summed E-state index contributed by atoms with van der Waals surface area (Å²) in [5.74, 6) is 0.921. The molecule has 2 rings (SSSR count). The fourth-order valence-electron chi connectivity index (χ4n) is 1.64. The third kappa shape index (κ3) is 1.68. The lowest BCUT2D eigenvalue weighted by Crippen LogP contribution is -1.94. The van der Waals surface area contributed by atoms with Gasteiger partial charge in [0.2, 0.25) is 0 Å². The molecular weight excluding hydrogens is 188 g/mol. The van der Waals surface area contributed by atoms with Gasteiger partial charge in [-0.25, -0.2) is 4.98 Å². The van der Waals surface area contributed by atoms with Crippen LogP contribution in [-0.2, 0) is 7.05 Å². The first-order chi connectivity index (χ1) is 7.22. The van der Waals surface area contributed by atoms with Gasteiger partial charge in [0.15, 0.2) is 0 Å². The number of carbonyl (C=O) groups excluding carboxylic acids is 1. The van der Waals surface area contributed by atoms with Crippen molar-refractivity contribution in [2.75, 3.05) is 0 Å². The van der Waals surface area contributed by atoms with Crippen LogP contribution in [0.2, 0.25) is 0 Å². The first-order valence-corrected chi connectivity index (χ1v) is 4.76. The SMILES string of the molecule is Cc1cc(C=O)ccc1-c1nccn1C. The van der Waals surface area contributed by atoms with Crippen molar-refractivity contribution in [2.45, 2.75) is 6.92 Å². The van der Waals surface area contributed by atoms with Crippen molar-refractivity contribution in [3.63, 3.8) is 0 Å². The van der Waals surface area contributed by atoms with Gasteiger partial charge in [0.1, 0.15) is 12.1 Å². The van der Waals surface area contributed by atoms with Gasteiger partial charge in [0, 0.05) is 30.6 Å².